The quantitative estimate of drug-likeness (QED) is 0.748. The third-order valence-corrected chi connectivity index (χ3v) is 3.22. The predicted octanol–water partition coefficient (Wildman–Crippen LogP) is 0.866. The summed E-state index contributed by atoms with van der Waals surface area (Å²) in [6.07, 6.45) is 6.93. The highest BCUT2D eigenvalue weighted by Crippen LogP contribution is 2.08. The van der Waals surface area contributed by atoms with Crippen LogP contribution in [0, 0.1) is 0 Å². The lowest BCUT2D eigenvalue weighted by Gasteiger charge is -2.23. The van der Waals surface area contributed by atoms with Gasteiger partial charge < -0.3 is 19.7 Å². The van der Waals surface area contributed by atoms with Gasteiger partial charge in [-0.3, -0.25) is 4.79 Å². The van der Waals surface area contributed by atoms with Crippen molar-refractivity contribution in [3.63, 3.8) is 0 Å². The van der Waals surface area contributed by atoms with Crippen LogP contribution >= 0.6 is 0 Å². The van der Waals surface area contributed by atoms with E-state index >= 15 is 0 Å². The number of furan rings is 1. The Balaban J connectivity index is 1.91. The first kappa shape index (κ1) is 13.8. The fourth-order valence-corrected chi connectivity index (χ4v) is 2.24. The minimum atomic E-state index is -0.0980. The lowest BCUT2D eigenvalue weighted by molar-refractivity contribution is -0.126. The molecule has 0 bridgehead atoms. The topological polar surface area (TPSA) is 65.7 Å². The normalized spacial score (nSPS) is 19.1. The monoisotopic (exact) mass is 264 g/mol. The van der Waals surface area contributed by atoms with Gasteiger partial charge in [0.15, 0.2) is 0 Å². The van der Waals surface area contributed by atoms with Gasteiger partial charge in [0.25, 0.3) is 0 Å². The molecule has 1 saturated heterocycles. The van der Waals surface area contributed by atoms with E-state index in [4.69, 9.17) is 9.52 Å². The summed E-state index contributed by atoms with van der Waals surface area (Å²) in [5.74, 6) is 0.551. The Bertz CT molecular complexity index is 408. The van der Waals surface area contributed by atoms with E-state index < -0.39 is 0 Å². The average molecular weight is 264 g/mol. The Morgan fingerprint density at radius 3 is 3.16 bits per heavy atom. The van der Waals surface area contributed by atoms with Gasteiger partial charge >= 0.3 is 0 Å². The van der Waals surface area contributed by atoms with Crippen LogP contribution in [0.3, 0.4) is 0 Å². The third-order valence-electron chi connectivity index (χ3n) is 3.22. The van der Waals surface area contributed by atoms with E-state index in [1.54, 1.807) is 29.4 Å². The molecule has 104 valence electrons. The summed E-state index contributed by atoms with van der Waals surface area (Å²) in [6, 6.07) is 3.91. The van der Waals surface area contributed by atoms with Gasteiger partial charge in [0, 0.05) is 25.2 Å². The van der Waals surface area contributed by atoms with Crippen molar-refractivity contribution in [3.8, 4) is 0 Å². The fraction of sp³-hybridized carbons (Fsp3) is 0.500. The van der Waals surface area contributed by atoms with E-state index in [-0.39, 0.29) is 12.5 Å². The van der Waals surface area contributed by atoms with Crippen LogP contribution in [0.4, 0.5) is 0 Å². The molecule has 5 nitrogen and oxygen atoms in total. The van der Waals surface area contributed by atoms with Crippen LogP contribution in [0.1, 0.15) is 18.6 Å². The Morgan fingerprint density at radius 1 is 1.63 bits per heavy atom. The number of nitrogens with one attached hydrogen (secondary N) is 1. The SMILES string of the molecule is O=C(/C=C/c1ccco1)N(CCO)CC1CCCN1. The molecule has 2 rings (SSSR count). The zero-order valence-electron chi connectivity index (χ0n) is 10.9. The summed E-state index contributed by atoms with van der Waals surface area (Å²) in [7, 11) is 0. The minimum absolute atomic E-state index is 0.0208. The Hall–Kier alpha value is -1.59. The number of carbonyl (C=O) groups is 1. The van der Waals surface area contributed by atoms with E-state index in [0.717, 1.165) is 19.4 Å². The maximum Gasteiger partial charge on any atom is 0.246 e. The van der Waals surface area contributed by atoms with Crippen LogP contribution < -0.4 is 5.32 Å². The first-order chi connectivity index (χ1) is 9.29. The first-order valence-corrected chi connectivity index (χ1v) is 6.64. The number of rotatable bonds is 6. The van der Waals surface area contributed by atoms with Crippen LogP contribution in [0.2, 0.25) is 0 Å². The highest BCUT2D eigenvalue weighted by Gasteiger charge is 2.19. The molecule has 1 fully saturated rings. The molecule has 1 atom stereocenters. The summed E-state index contributed by atoms with van der Waals surface area (Å²) < 4.78 is 5.14. The molecule has 1 aliphatic heterocycles. The highest BCUT2D eigenvalue weighted by atomic mass is 16.3. The molecule has 1 aromatic heterocycles. The average Bonchev–Trinajstić information content (AvgIpc) is 3.08. The second-order valence-electron chi connectivity index (χ2n) is 4.65. The van der Waals surface area contributed by atoms with Gasteiger partial charge in [-0.05, 0) is 37.6 Å². The van der Waals surface area contributed by atoms with E-state index in [1.165, 1.54) is 6.08 Å². The van der Waals surface area contributed by atoms with Crippen LogP contribution in [-0.4, -0.2) is 48.2 Å². The van der Waals surface area contributed by atoms with Crippen LogP contribution in [-0.2, 0) is 4.79 Å². The third kappa shape index (κ3) is 4.22. The van der Waals surface area contributed by atoms with Crippen molar-refractivity contribution in [2.24, 2.45) is 0 Å². The van der Waals surface area contributed by atoms with Crippen molar-refractivity contribution in [2.45, 2.75) is 18.9 Å². The second-order valence-corrected chi connectivity index (χ2v) is 4.65. The summed E-state index contributed by atoms with van der Waals surface area (Å²) >= 11 is 0. The van der Waals surface area contributed by atoms with Gasteiger partial charge in [-0.2, -0.15) is 0 Å². The first-order valence-electron chi connectivity index (χ1n) is 6.64. The van der Waals surface area contributed by atoms with E-state index in [9.17, 15) is 4.79 Å². The number of hydrogen-bond acceptors (Lipinski definition) is 4. The lowest BCUT2D eigenvalue weighted by Crippen LogP contribution is -2.41. The molecule has 2 heterocycles. The predicted molar refractivity (Wildman–Crippen MR) is 72.4 cm³/mol. The Labute approximate surface area is 112 Å². The highest BCUT2D eigenvalue weighted by molar-refractivity contribution is 5.91. The zero-order valence-corrected chi connectivity index (χ0v) is 10.9. The van der Waals surface area contributed by atoms with Gasteiger partial charge in [-0.25, -0.2) is 0 Å². The summed E-state index contributed by atoms with van der Waals surface area (Å²) in [4.78, 5) is 13.7. The molecule has 0 saturated carbocycles. The van der Waals surface area contributed by atoms with Gasteiger partial charge in [-0.1, -0.05) is 0 Å². The second kappa shape index (κ2) is 7.11. The van der Waals surface area contributed by atoms with E-state index in [2.05, 4.69) is 5.32 Å². The maximum atomic E-state index is 12.1. The van der Waals surface area contributed by atoms with Gasteiger partial charge in [0.1, 0.15) is 5.76 Å². The molecule has 1 unspecified atom stereocenters. The molecule has 19 heavy (non-hydrogen) atoms. The lowest BCUT2D eigenvalue weighted by atomic mass is 10.2. The van der Waals surface area contributed by atoms with E-state index in [1.807, 2.05) is 0 Å². The van der Waals surface area contributed by atoms with Crippen molar-refractivity contribution >= 4 is 12.0 Å². The largest absolute Gasteiger partial charge is 0.465 e. The molecule has 0 radical (unpaired) electrons. The van der Waals surface area contributed by atoms with Gasteiger partial charge in [0.05, 0.1) is 12.9 Å². The molecule has 0 aromatic carbocycles. The Morgan fingerprint density at radius 2 is 2.53 bits per heavy atom. The smallest absolute Gasteiger partial charge is 0.246 e. The maximum absolute atomic E-state index is 12.1. The zero-order chi connectivity index (χ0) is 13.5. The van der Waals surface area contributed by atoms with Gasteiger partial charge in [0.2, 0.25) is 5.91 Å². The molecular weight excluding hydrogens is 244 g/mol. The molecule has 1 aromatic rings. The van der Waals surface area contributed by atoms with Crippen LogP contribution in [0.5, 0.6) is 0 Å². The summed E-state index contributed by atoms with van der Waals surface area (Å²) in [6.45, 7) is 1.99. The van der Waals surface area contributed by atoms with Crippen molar-refractivity contribution in [1.29, 1.82) is 0 Å². The van der Waals surface area contributed by atoms with Crippen molar-refractivity contribution in [3.05, 3.63) is 30.2 Å². The van der Waals surface area contributed by atoms with E-state index in [0.29, 0.717) is 24.9 Å². The standard InChI is InChI=1S/C14H20N2O3/c17-9-8-16(11-12-3-1-7-15-12)14(18)6-5-13-4-2-10-19-13/h2,4-6,10,12,15,17H,1,3,7-9,11H2/b6-5+. The molecule has 2 N–H and O–H groups in total. The molecule has 0 spiro atoms. The molecule has 1 aliphatic rings. The van der Waals surface area contributed by atoms with Gasteiger partial charge in [-0.15, -0.1) is 0 Å². The van der Waals surface area contributed by atoms with Crippen LogP contribution in [0.15, 0.2) is 28.9 Å². The Kier molecular flexibility index (Phi) is 5.18. The van der Waals surface area contributed by atoms with Crippen molar-refractivity contribution in [2.75, 3.05) is 26.2 Å². The van der Waals surface area contributed by atoms with Crippen molar-refractivity contribution < 1.29 is 14.3 Å². The number of aliphatic hydroxyl groups is 1. The number of aliphatic hydroxyl groups excluding tert-OH is 1. The summed E-state index contributed by atoms with van der Waals surface area (Å²) in [5, 5.41) is 12.4. The number of amides is 1. The fourth-order valence-electron chi connectivity index (χ4n) is 2.24. The molecular formula is C14H20N2O3. The molecule has 5 heteroatoms. The molecule has 0 aliphatic carbocycles. The number of carbonyl (C=O) groups excluding carboxylic acids is 1. The number of nitrogens with zero attached hydrogens (tertiary/aromatic N) is 1. The van der Waals surface area contributed by atoms with Crippen LogP contribution in [0.25, 0.3) is 6.08 Å². The summed E-state index contributed by atoms with van der Waals surface area (Å²) in [5.41, 5.74) is 0. The van der Waals surface area contributed by atoms with Crippen molar-refractivity contribution in [1.82, 2.24) is 10.2 Å². The minimum Gasteiger partial charge on any atom is -0.465 e. The number of hydrogen-bond donors (Lipinski definition) is 2. The molecule has 1 amide bonds.